The van der Waals surface area contributed by atoms with Gasteiger partial charge in [-0.2, -0.15) is 0 Å². The number of carbonyl (C=O) groups is 2. The number of aromatic nitrogens is 1. The van der Waals surface area contributed by atoms with Gasteiger partial charge in [0.05, 0.1) is 11.6 Å². The van der Waals surface area contributed by atoms with Crippen LogP contribution in [0.4, 0.5) is 15.3 Å². The number of hydrogen-bond acceptors (Lipinski definition) is 6. The first kappa shape index (κ1) is 23.3. The monoisotopic (exact) mass is 417 g/mol. The first-order chi connectivity index (χ1) is 13.8. The van der Waals surface area contributed by atoms with Crippen LogP contribution in [0.5, 0.6) is 5.75 Å². The maximum atomic E-state index is 12.0. The molecule has 2 aromatic rings. The highest BCUT2D eigenvalue weighted by Gasteiger charge is 2.19. The predicted molar refractivity (Wildman–Crippen MR) is 116 cm³/mol. The minimum atomic E-state index is -0.589. The number of ether oxygens (including phenoxy) is 3. The largest absolute Gasteiger partial charge is 0.491 e. The van der Waals surface area contributed by atoms with Gasteiger partial charge in [-0.25, -0.2) is 9.59 Å². The summed E-state index contributed by atoms with van der Waals surface area (Å²) in [6, 6.07) is 6.77. The molecule has 2 rings (SSSR count). The van der Waals surface area contributed by atoms with Crippen molar-refractivity contribution >= 4 is 28.8 Å². The topological polar surface area (TPSA) is 98.8 Å². The van der Waals surface area contributed by atoms with Gasteiger partial charge in [-0.05, 0) is 72.7 Å². The summed E-state index contributed by atoms with van der Waals surface area (Å²) in [6.45, 7) is 12.9. The van der Waals surface area contributed by atoms with Gasteiger partial charge in [-0.1, -0.05) is 0 Å². The lowest BCUT2D eigenvalue weighted by Gasteiger charge is -2.22. The van der Waals surface area contributed by atoms with E-state index in [9.17, 15) is 9.59 Å². The summed E-state index contributed by atoms with van der Waals surface area (Å²) >= 11 is 0. The van der Waals surface area contributed by atoms with E-state index < -0.39 is 23.4 Å². The Balaban J connectivity index is 2.06. The van der Waals surface area contributed by atoms with Crippen LogP contribution >= 0.6 is 0 Å². The van der Waals surface area contributed by atoms with E-state index in [0.29, 0.717) is 11.4 Å². The first-order valence-corrected chi connectivity index (χ1v) is 9.83. The van der Waals surface area contributed by atoms with Crippen LogP contribution in [0.3, 0.4) is 0 Å². The first-order valence-electron chi connectivity index (χ1n) is 9.83. The number of rotatable bonds is 5. The molecule has 30 heavy (non-hydrogen) atoms. The number of anilines is 1. The lowest BCUT2D eigenvalue weighted by molar-refractivity contribution is 0.0493. The number of nitrogens with one attached hydrogen (secondary N) is 2. The lowest BCUT2D eigenvalue weighted by atomic mass is 10.2. The van der Waals surface area contributed by atoms with E-state index in [-0.39, 0.29) is 12.6 Å². The highest BCUT2D eigenvalue weighted by molar-refractivity contribution is 5.92. The molecule has 0 saturated heterocycles. The number of amides is 2. The van der Waals surface area contributed by atoms with Gasteiger partial charge in [0.2, 0.25) is 0 Å². The maximum Gasteiger partial charge on any atom is 0.412 e. The molecule has 164 valence electrons. The van der Waals surface area contributed by atoms with E-state index in [0.717, 1.165) is 10.9 Å². The molecule has 8 nitrogen and oxygen atoms in total. The normalized spacial score (nSPS) is 12.8. The summed E-state index contributed by atoms with van der Waals surface area (Å²) < 4.78 is 16.4. The van der Waals surface area contributed by atoms with Gasteiger partial charge in [0, 0.05) is 17.3 Å². The second-order valence-electron chi connectivity index (χ2n) is 9.03. The van der Waals surface area contributed by atoms with Crippen molar-refractivity contribution in [3.05, 3.63) is 30.5 Å². The fourth-order valence-electron chi connectivity index (χ4n) is 2.51. The van der Waals surface area contributed by atoms with Gasteiger partial charge in [0.1, 0.15) is 23.6 Å². The van der Waals surface area contributed by atoms with Crippen LogP contribution in [-0.2, 0) is 9.47 Å². The fourth-order valence-corrected chi connectivity index (χ4v) is 2.51. The molecular formula is C22H31N3O5. The number of pyridine rings is 1. The van der Waals surface area contributed by atoms with Gasteiger partial charge < -0.3 is 19.5 Å². The Labute approximate surface area is 177 Å². The summed E-state index contributed by atoms with van der Waals surface area (Å²) in [5.41, 5.74) is 0.127. The van der Waals surface area contributed by atoms with Crippen molar-refractivity contribution in [3.63, 3.8) is 0 Å². The SMILES string of the molecule is C[C@H](COc1ccnc2ccc(NC(=O)OC(C)(C)C)cc12)NC(=O)OC(C)(C)C. The zero-order valence-electron chi connectivity index (χ0n) is 18.7. The summed E-state index contributed by atoms with van der Waals surface area (Å²) in [4.78, 5) is 28.2. The van der Waals surface area contributed by atoms with Gasteiger partial charge in [0.15, 0.2) is 0 Å². The molecule has 0 unspecified atom stereocenters. The Morgan fingerprint density at radius 2 is 1.63 bits per heavy atom. The molecule has 0 spiro atoms. The summed E-state index contributed by atoms with van der Waals surface area (Å²) in [6.07, 6.45) is 0.607. The average molecular weight is 418 g/mol. The Kier molecular flexibility index (Phi) is 7.12. The molecular weight excluding hydrogens is 386 g/mol. The van der Waals surface area contributed by atoms with E-state index >= 15 is 0 Å². The molecule has 1 aromatic carbocycles. The number of carbonyl (C=O) groups excluding carboxylic acids is 2. The molecule has 1 atom stereocenters. The Morgan fingerprint density at radius 3 is 2.27 bits per heavy atom. The molecule has 1 aromatic heterocycles. The highest BCUT2D eigenvalue weighted by Crippen LogP contribution is 2.27. The van der Waals surface area contributed by atoms with Crippen LogP contribution in [0.1, 0.15) is 48.5 Å². The second kappa shape index (κ2) is 9.19. The van der Waals surface area contributed by atoms with Crippen LogP contribution in [0.15, 0.2) is 30.5 Å². The molecule has 8 heteroatoms. The predicted octanol–water partition coefficient (Wildman–Crippen LogP) is 4.87. The van der Waals surface area contributed by atoms with Crippen LogP contribution in [0.2, 0.25) is 0 Å². The van der Waals surface area contributed by atoms with E-state index in [1.807, 2.05) is 6.92 Å². The number of benzene rings is 1. The molecule has 0 aliphatic rings. The van der Waals surface area contributed by atoms with Gasteiger partial charge in [-0.3, -0.25) is 10.3 Å². The number of alkyl carbamates (subject to hydrolysis) is 1. The average Bonchev–Trinajstić information content (AvgIpc) is 2.56. The molecule has 0 saturated carbocycles. The van der Waals surface area contributed by atoms with Crippen molar-refractivity contribution in [2.45, 2.75) is 65.7 Å². The molecule has 2 amide bonds. The standard InChI is InChI=1S/C22H31N3O5/c1-14(24-19(26)29-21(2,3)4)13-28-18-10-11-23-17-9-8-15(12-16(17)18)25-20(27)30-22(5,6)7/h8-12,14H,13H2,1-7H3,(H,24,26)(H,25,27)/t14-/m1/s1. The molecule has 0 aliphatic carbocycles. The summed E-state index contributed by atoms with van der Waals surface area (Å²) in [5.74, 6) is 0.589. The zero-order chi connectivity index (χ0) is 22.5. The van der Waals surface area contributed by atoms with E-state index in [4.69, 9.17) is 14.2 Å². The van der Waals surface area contributed by atoms with Crippen LogP contribution in [0.25, 0.3) is 10.9 Å². The maximum absolute atomic E-state index is 12.0. The van der Waals surface area contributed by atoms with Gasteiger partial charge >= 0.3 is 12.2 Å². The van der Waals surface area contributed by atoms with Crippen LogP contribution in [-0.4, -0.2) is 41.0 Å². The summed E-state index contributed by atoms with van der Waals surface area (Å²) in [7, 11) is 0. The third kappa shape index (κ3) is 7.77. The molecule has 0 radical (unpaired) electrons. The van der Waals surface area contributed by atoms with Crippen molar-refractivity contribution in [1.29, 1.82) is 0 Å². The van der Waals surface area contributed by atoms with E-state index in [2.05, 4.69) is 15.6 Å². The van der Waals surface area contributed by atoms with Crippen molar-refractivity contribution < 1.29 is 23.8 Å². The molecule has 0 fully saturated rings. The van der Waals surface area contributed by atoms with Gasteiger partial charge in [0.25, 0.3) is 0 Å². The quantitative estimate of drug-likeness (QED) is 0.720. The van der Waals surface area contributed by atoms with Crippen LogP contribution in [0, 0.1) is 0 Å². The third-order valence-corrected chi connectivity index (χ3v) is 3.60. The third-order valence-electron chi connectivity index (χ3n) is 3.60. The number of nitrogens with zero attached hydrogens (tertiary/aromatic N) is 1. The second-order valence-corrected chi connectivity index (χ2v) is 9.03. The minimum absolute atomic E-state index is 0.238. The fraction of sp³-hybridized carbons (Fsp3) is 0.500. The Morgan fingerprint density at radius 1 is 1.00 bits per heavy atom. The molecule has 2 N–H and O–H groups in total. The molecule has 0 bridgehead atoms. The Bertz CT molecular complexity index is 900. The van der Waals surface area contributed by atoms with Crippen molar-refractivity contribution in [2.75, 3.05) is 11.9 Å². The molecule has 0 aliphatic heterocycles. The van der Waals surface area contributed by atoms with E-state index in [1.165, 1.54) is 0 Å². The van der Waals surface area contributed by atoms with Crippen molar-refractivity contribution in [3.8, 4) is 5.75 Å². The van der Waals surface area contributed by atoms with Crippen molar-refractivity contribution in [1.82, 2.24) is 10.3 Å². The van der Waals surface area contributed by atoms with E-state index in [1.54, 1.807) is 72.0 Å². The molecule has 1 heterocycles. The highest BCUT2D eigenvalue weighted by atomic mass is 16.6. The lowest BCUT2D eigenvalue weighted by Crippen LogP contribution is -2.40. The summed E-state index contributed by atoms with van der Waals surface area (Å²) in [5, 5.41) is 6.18. The van der Waals surface area contributed by atoms with Gasteiger partial charge in [-0.15, -0.1) is 0 Å². The number of hydrogen-bond donors (Lipinski definition) is 2. The van der Waals surface area contributed by atoms with Crippen molar-refractivity contribution in [2.24, 2.45) is 0 Å². The smallest absolute Gasteiger partial charge is 0.412 e. The Hall–Kier alpha value is -3.03. The zero-order valence-corrected chi connectivity index (χ0v) is 18.7. The minimum Gasteiger partial charge on any atom is -0.491 e. The number of fused-ring (bicyclic) bond motifs is 1. The van der Waals surface area contributed by atoms with Crippen LogP contribution < -0.4 is 15.4 Å².